The zero-order chi connectivity index (χ0) is 17.0. The van der Waals surface area contributed by atoms with E-state index < -0.39 is 0 Å². The molecule has 1 aromatic carbocycles. The van der Waals surface area contributed by atoms with E-state index in [1.807, 2.05) is 11.6 Å². The van der Waals surface area contributed by atoms with Crippen molar-refractivity contribution in [2.45, 2.75) is 40.4 Å². The summed E-state index contributed by atoms with van der Waals surface area (Å²) < 4.78 is 1.88. The molecule has 2 aromatic rings. The van der Waals surface area contributed by atoms with Crippen LogP contribution in [0.4, 0.5) is 5.69 Å². The Morgan fingerprint density at radius 3 is 2.52 bits per heavy atom. The minimum Gasteiger partial charge on any atom is -0.394 e. The maximum absolute atomic E-state index is 9.08. The Kier molecular flexibility index (Phi) is 5.80. The minimum atomic E-state index is 0.117. The van der Waals surface area contributed by atoms with Crippen LogP contribution >= 0.6 is 0 Å². The van der Waals surface area contributed by atoms with E-state index in [9.17, 15) is 0 Å². The quantitative estimate of drug-likeness (QED) is 0.822. The highest BCUT2D eigenvalue weighted by Crippen LogP contribution is 2.18. The molecule has 5 heteroatoms. The molecule has 2 N–H and O–H groups in total. The smallest absolute Gasteiger partial charge is 0.0644 e. The predicted molar refractivity (Wildman–Crippen MR) is 94.8 cm³/mol. The monoisotopic (exact) mass is 316 g/mol. The van der Waals surface area contributed by atoms with Gasteiger partial charge in [0.25, 0.3) is 0 Å². The molecule has 23 heavy (non-hydrogen) atoms. The molecule has 0 saturated carbocycles. The van der Waals surface area contributed by atoms with Crippen molar-refractivity contribution in [1.29, 1.82) is 0 Å². The van der Waals surface area contributed by atoms with Gasteiger partial charge in [0.2, 0.25) is 0 Å². The summed E-state index contributed by atoms with van der Waals surface area (Å²) >= 11 is 0. The first-order valence-corrected chi connectivity index (χ1v) is 8.05. The normalized spacial score (nSPS) is 11.0. The van der Waals surface area contributed by atoms with Crippen molar-refractivity contribution in [3.05, 3.63) is 46.3 Å². The molecule has 2 rings (SSSR count). The van der Waals surface area contributed by atoms with E-state index in [0.29, 0.717) is 6.54 Å². The second kappa shape index (κ2) is 7.62. The van der Waals surface area contributed by atoms with E-state index >= 15 is 0 Å². The van der Waals surface area contributed by atoms with Gasteiger partial charge in [-0.3, -0.25) is 4.68 Å². The fraction of sp³-hybridized carbons (Fsp3) is 0.500. The number of hydrogen-bond acceptors (Lipinski definition) is 4. The average molecular weight is 316 g/mol. The van der Waals surface area contributed by atoms with Crippen molar-refractivity contribution in [1.82, 2.24) is 15.1 Å². The Bertz CT molecular complexity index is 661. The summed E-state index contributed by atoms with van der Waals surface area (Å²) in [5.41, 5.74) is 7.22. The first kappa shape index (κ1) is 17.5. The van der Waals surface area contributed by atoms with Crippen LogP contribution in [0.25, 0.3) is 0 Å². The van der Waals surface area contributed by atoms with Crippen molar-refractivity contribution in [3.8, 4) is 0 Å². The number of hydrogen-bond donors (Lipinski definition) is 2. The summed E-state index contributed by atoms with van der Waals surface area (Å²) in [6, 6.07) is 6.55. The van der Waals surface area contributed by atoms with Gasteiger partial charge in [0, 0.05) is 44.1 Å². The zero-order valence-corrected chi connectivity index (χ0v) is 14.8. The maximum Gasteiger partial charge on any atom is 0.0644 e. The van der Waals surface area contributed by atoms with Crippen LogP contribution in [-0.4, -0.2) is 35.6 Å². The molecule has 0 saturated heterocycles. The van der Waals surface area contributed by atoms with Gasteiger partial charge in [-0.05, 0) is 44.0 Å². The number of aromatic nitrogens is 2. The molecule has 0 aliphatic carbocycles. The Hall–Kier alpha value is -1.85. The molecule has 0 aliphatic rings. The van der Waals surface area contributed by atoms with Crippen LogP contribution in [0.3, 0.4) is 0 Å². The molecule has 0 spiro atoms. The van der Waals surface area contributed by atoms with Gasteiger partial charge in [-0.25, -0.2) is 0 Å². The lowest BCUT2D eigenvalue weighted by molar-refractivity contribution is 0.267. The lowest BCUT2D eigenvalue weighted by Crippen LogP contribution is -2.15. The third-order valence-electron chi connectivity index (χ3n) is 4.30. The Labute approximate surface area is 138 Å². The topological polar surface area (TPSA) is 53.3 Å². The van der Waals surface area contributed by atoms with Gasteiger partial charge in [-0.2, -0.15) is 5.10 Å². The molecule has 0 atom stereocenters. The fourth-order valence-electron chi connectivity index (χ4n) is 2.78. The van der Waals surface area contributed by atoms with E-state index in [2.05, 4.69) is 61.5 Å². The maximum atomic E-state index is 9.08. The van der Waals surface area contributed by atoms with Gasteiger partial charge >= 0.3 is 0 Å². The van der Waals surface area contributed by atoms with Gasteiger partial charge in [-0.15, -0.1) is 0 Å². The molecule has 5 nitrogen and oxygen atoms in total. The zero-order valence-electron chi connectivity index (χ0n) is 14.8. The summed E-state index contributed by atoms with van der Waals surface area (Å²) in [5.74, 6) is 0. The summed E-state index contributed by atoms with van der Waals surface area (Å²) in [5, 5.41) is 17.1. The van der Waals surface area contributed by atoms with Gasteiger partial charge in [0.05, 0.1) is 18.8 Å². The number of rotatable bonds is 7. The van der Waals surface area contributed by atoms with Crippen LogP contribution in [0.2, 0.25) is 0 Å². The molecular weight excluding hydrogens is 288 g/mol. The first-order valence-electron chi connectivity index (χ1n) is 8.05. The number of aliphatic hydroxyl groups is 1. The Balaban J connectivity index is 2.00. The standard InChI is InChI=1S/C18H28N4O/c1-13-10-17(21(4)5)7-6-16(13)11-19-12-18-14(2)20-22(8-9-23)15(18)3/h6-7,10,19,23H,8-9,11-12H2,1-5H3. The second-order valence-corrected chi connectivity index (χ2v) is 6.20. The lowest BCUT2D eigenvalue weighted by atomic mass is 10.1. The lowest BCUT2D eigenvalue weighted by Gasteiger charge is -2.15. The summed E-state index contributed by atoms with van der Waals surface area (Å²) in [4.78, 5) is 2.12. The average Bonchev–Trinajstić information content (AvgIpc) is 2.76. The molecule has 1 aromatic heterocycles. The van der Waals surface area contributed by atoms with Crippen LogP contribution in [0, 0.1) is 20.8 Å². The summed E-state index contributed by atoms with van der Waals surface area (Å²) in [6.45, 7) is 8.53. The number of nitrogens with zero attached hydrogens (tertiary/aromatic N) is 3. The van der Waals surface area contributed by atoms with Crippen LogP contribution < -0.4 is 10.2 Å². The van der Waals surface area contributed by atoms with Gasteiger partial charge in [-0.1, -0.05) is 6.07 Å². The van der Waals surface area contributed by atoms with Crippen LogP contribution in [0.1, 0.15) is 28.1 Å². The molecule has 126 valence electrons. The van der Waals surface area contributed by atoms with Crippen molar-refractivity contribution < 1.29 is 5.11 Å². The largest absolute Gasteiger partial charge is 0.394 e. The first-order chi connectivity index (χ1) is 10.9. The number of aliphatic hydroxyl groups excluding tert-OH is 1. The molecule has 0 fully saturated rings. The highest BCUT2D eigenvalue weighted by Gasteiger charge is 2.11. The molecule has 1 heterocycles. The third-order valence-corrected chi connectivity index (χ3v) is 4.30. The van der Waals surface area contributed by atoms with Crippen molar-refractivity contribution in [2.75, 3.05) is 25.6 Å². The van der Waals surface area contributed by atoms with E-state index in [4.69, 9.17) is 5.11 Å². The minimum absolute atomic E-state index is 0.117. The SMILES string of the molecule is Cc1cc(N(C)C)ccc1CNCc1c(C)nn(CCO)c1C. The van der Waals surface area contributed by atoms with Crippen LogP contribution in [-0.2, 0) is 19.6 Å². The van der Waals surface area contributed by atoms with Gasteiger partial charge < -0.3 is 15.3 Å². The van der Waals surface area contributed by atoms with Crippen molar-refractivity contribution in [2.24, 2.45) is 0 Å². The van der Waals surface area contributed by atoms with Crippen molar-refractivity contribution in [3.63, 3.8) is 0 Å². The van der Waals surface area contributed by atoms with Crippen molar-refractivity contribution >= 4 is 5.69 Å². The highest BCUT2D eigenvalue weighted by atomic mass is 16.3. The summed E-state index contributed by atoms with van der Waals surface area (Å²) in [6.07, 6.45) is 0. The Morgan fingerprint density at radius 1 is 1.17 bits per heavy atom. The van der Waals surface area contributed by atoms with Gasteiger partial charge in [0.1, 0.15) is 0 Å². The van der Waals surface area contributed by atoms with E-state index in [1.54, 1.807) is 0 Å². The predicted octanol–water partition coefficient (Wildman–Crippen LogP) is 2.16. The van der Waals surface area contributed by atoms with Gasteiger partial charge in [0.15, 0.2) is 0 Å². The number of nitrogens with one attached hydrogen (secondary N) is 1. The molecule has 0 amide bonds. The fourth-order valence-corrected chi connectivity index (χ4v) is 2.78. The number of anilines is 1. The third kappa shape index (κ3) is 4.12. The molecule has 0 bridgehead atoms. The summed E-state index contributed by atoms with van der Waals surface area (Å²) in [7, 11) is 4.12. The molecule has 0 aliphatic heterocycles. The molecule has 0 unspecified atom stereocenters. The number of aryl methyl sites for hydroxylation is 2. The Morgan fingerprint density at radius 2 is 1.91 bits per heavy atom. The second-order valence-electron chi connectivity index (χ2n) is 6.20. The highest BCUT2D eigenvalue weighted by molar-refractivity contribution is 5.49. The van der Waals surface area contributed by atoms with E-state index in [0.717, 1.165) is 24.5 Å². The number of benzene rings is 1. The van der Waals surface area contributed by atoms with E-state index in [-0.39, 0.29) is 6.61 Å². The van der Waals surface area contributed by atoms with Crippen LogP contribution in [0.15, 0.2) is 18.2 Å². The molecular formula is C18H28N4O. The molecule has 0 radical (unpaired) electrons. The van der Waals surface area contributed by atoms with Crippen LogP contribution in [0.5, 0.6) is 0 Å². The van der Waals surface area contributed by atoms with E-state index in [1.165, 1.54) is 22.4 Å².